The first-order valence-electron chi connectivity index (χ1n) is 8.78. The Morgan fingerprint density at radius 3 is 2.92 bits per heavy atom. The lowest BCUT2D eigenvalue weighted by Crippen LogP contribution is -2.41. The number of fused-ring (bicyclic) bond motifs is 1. The summed E-state index contributed by atoms with van der Waals surface area (Å²) in [5.41, 5.74) is 0. The molecule has 1 aliphatic heterocycles. The molecule has 7 nitrogen and oxygen atoms in total. The number of ether oxygens (including phenoxy) is 1. The fourth-order valence-corrected chi connectivity index (χ4v) is 2.97. The number of aromatic nitrogens is 3. The zero-order valence-corrected chi connectivity index (χ0v) is 15.0. The summed E-state index contributed by atoms with van der Waals surface area (Å²) in [5.74, 6) is 3.78. The number of rotatable bonds is 6. The third-order valence-electron chi connectivity index (χ3n) is 4.35. The molecule has 2 heterocycles. The first-order valence-corrected chi connectivity index (χ1v) is 8.78. The van der Waals surface area contributed by atoms with E-state index in [2.05, 4.69) is 30.0 Å². The summed E-state index contributed by atoms with van der Waals surface area (Å²) in [6.45, 7) is 2.98. The molecular weight excluding hydrogens is 316 g/mol. The third-order valence-corrected chi connectivity index (χ3v) is 4.35. The van der Waals surface area contributed by atoms with Crippen LogP contribution >= 0.6 is 0 Å². The normalized spacial score (nSPS) is 14.1. The lowest BCUT2D eigenvalue weighted by Gasteiger charge is -2.22. The summed E-state index contributed by atoms with van der Waals surface area (Å²) >= 11 is 0. The summed E-state index contributed by atoms with van der Waals surface area (Å²) < 4.78 is 7.97. The van der Waals surface area contributed by atoms with Crippen molar-refractivity contribution in [3.05, 3.63) is 42.0 Å². The predicted molar refractivity (Wildman–Crippen MR) is 97.7 cm³/mol. The molecule has 0 aliphatic carbocycles. The Morgan fingerprint density at radius 2 is 2.12 bits per heavy atom. The fourth-order valence-electron chi connectivity index (χ4n) is 2.97. The van der Waals surface area contributed by atoms with Gasteiger partial charge in [-0.15, -0.1) is 10.2 Å². The molecule has 2 aromatic rings. The molecule has 1 N–H and O–H groups in total. The zero-order chi connectivity index (χ0) is 17.5. The highest BCUT2D eigenvalue weighted by Gasteiger charge is 2.16. The highest BCUT2D eigenvalue weighted by atomic mass is 16.5. The van der Waals surface area contributed by atoms with Crippen LogP contribution in [0.2, 0.25) is 0 Å². The molecule has 0 bridgehead atoms. The summed E-state index contributed by atoms with van der Waals surface area (Å²) in [4.78, 5) is 6.40. The predicted octanol–water partition coefficient (Wildman–Crippen LogP) is 1.70. The van der Waals surface area contributed by atoms with E-state index in [-0.39, 0.29) is 0 Å². The minimum Gasteiger partial charge on any atom is -0.492 e. The second-order valence-electron chi connectivity index (χ2n) is 6.13. The molecule has 1 aromatic heterocycles. The number of hydrogen-bond donors (Lipinski definition) is 1. The molecule has 0 spiro atoms. The molecule has 1 aromatic carbocycles. The van der Waals surface area contributed by atoms with Crippen molar-refractivity contribution in [3.63, 3.8) is 0 Å². The van der Waals surface area contributed by atoms with Crippen molar-refractivity contribution in [2.75, 3.05) is 27.2 Å². The topological polar surface area (TPSA) is 67.6 Å². The maximum absolute atomic E-state index is 5.75. The van der Waals surface area contributed by atoms with Crippen LogP contribution in [0.4, 0.5) is 0 Å². The van der Waals surface area contributed by atoms with Gasteiger partial charge in [0.2, 0.25) is 0 Å². The van der Waals surface area contributed by atoms with Crippen LogP contribution in [-0.2, 0) is 19.5 Å². The van der Waals surface area contributed by atoms with Crippen molar-refractivity contribution in [1.82, 2.24) is 25.0 Å². The SMILES string of the molecule is CN=C(NCc1nnc2n1CCCC2)N(C)CCOc1ccccc1. The minimum absolute atomic E-state index is 0.599. The lowest BCUT2D eigenvalue weighted by molar-refractivity contribution is 0.281. The number of likely N-dealkylation sites (N-methyl/N-ethyl adjacent to an activating group) is 1. The number of benzene rings is 1. The van der Waals surface area contributed by atoms with Crippen molar-refractivity contribution in [1.29, 1.82) is 0 Å². The molecule has 0 saturated heterocycles. The standard InChI is InChI=1S/C18H26N6O/c1-19-18(23(2)12-13-25-15-8-4-3-5-9-15)20-14-17-22-21-16-10-6-7-11-24(16)17/h3-5,8-9H,6-7,10-14H2,1-2H3,(H,19,20). The van der Waals surface area contributed by atoms with Crippen molar-refractivity contribution in [2.45, 2.75) is 32.4 Å². The van der Waals surface area contributed by atoms with E-state index in [1.165, 1.54) is 12.8 Å². The van der Waals surface area contributed by atoms with E-state index in [0.29, 0.717) is 13.2 Å². The van der Waals surface area contributed by atoms with Crippen molar-refractivity contribution >= 4 is 5.96 Å². The van der Waals surface area contributed by atoms with Gasteiger partial charge in [0.1, 0.15) is 18.2 Å². The third kappa shape index (κ3) is 4.49. The van der Waals surface area contributed by atoms with Gasteiger partial charge < -0.3 is 19.5 Å². The van der Waals surface area contributed by atoms with E-state index in [9.17, 15) is 0 Å². The van der Waals surface area contributed by atoms with E-state index in [4.69, 9.17) is 4.74 Å². The smallest absolute Gasteiger partial charge is 0.193 e. The van der Waals surface area contributed by atoms with E-state index >= 15 is 0 Å². The number of aryl methyl sites for hydroxylation is 1. The average Bonchev–Trinajstić information content (AvgIpc) is 3.06. The first kappa shape index (κ1) is 17.3. The van der Waals surface area contributed by atoms with Crippen molar-refractivity contribution < 1.29 is 4.74 Å². The molecule has 3 rings (SSSR count). The van der Waals surface area contributed by atoms with E-state index in [0.717, 1.165) is 42.9 Å². The van der Waals surface area contributed by atoms with Gasteiger partial charge in [0, 0.05) is 27.1 Å². The summed E-state index contributed by atoms with van der Waals surface area (Å²) in [5, 5.41) is 12.0. The quantitative estimate of drug-likeness (QED) is 0.639. The molecular formula is C18H26N6O. The Kier molecular flexibility index (Phi) is 5.87. The van der Waals surface area contributed by atoms with Gasteiger partial charge in [-0.2, -0.15) is 0 Å². The van der Waals surface area contributed by atoms with Gasteiger partial charge in [-0.05, 0) is 25.0 Å². The van der Waals surface area contributed by atoms with Crippen LogP contribution in [0.5, 0.6) is 5.75 Å². The summed E-state index contributed by atoms with van der Waals surface area (Å²) in [6.07, 6.45) is 3.43. The summed E-state index contributed by atoms with van der Waals surface area (Å²) in [7, 11) is 3.79. The van der Waals surface area contributed by atoms with Crippen LogP contribution in [0.3, 0.4) is 0 Å². The van der Waals surface area contributed by atoms with E-state index in [1.54, 1.807) is 7.05 Å². The number of nitrogens with zero attached hydrogens (tertiary/aromatic N) is 5. The van der Waals surface area contributed by atoms with Gasteiger partial charge >= 0.3 is 0 Å². The van der Waals surface area contributed by atoms with E-state index < -0.39 is 0 Å². The molecule has 0 saturated carbocycles. The van der Waals surface area contributed by atoms with Crippen molar-refractivity contribution in [3.8, 4) is 5.75 Å². The van der Waals surface area contributed by atoms with Gasteiger partial charge in [0.05, 0.1) is 13.1 Å². The second-order valence-corrected chi connectivity index (χ2v) is 6.13. The van der Waals surface area contributed by atoms with Crippen LogP contribution in [0.15, 0.2) is 35.3 Å². The molecule has 25 heavy (non-hydrogen) atoms. The molecule has 0 unspecified atom stereocenters. The molecule has 0 radical (unpaired) electrons. The van der Waals surface area contributed by atoms with Crippen LogP contribution in [-0.4, -0.2) is 52.9 Å². The number of guanidine groups is 1. The molecule has 0 fully saturated rings. The van der Waals surface area contributed by atoms with Crippen LogP contribution in [0, 0.1) is 0 Å². The molecule has 0 atom stereocenters. The number of aliphatic imine (C=N–C) groups is 1. The fraction of sp³-hybridized carbons (Fsp3) is 0.500. The molecule has 0 amide bonds. The number of nitrogens with one attached hydrogen (secondary N) is 1. The second kappa shape index (κ2) is 8.50. The van der Waals surface area contributed by atoms with Crippen LogP contribution in [0.1, 0.15) is 24.5 Å². The molecule has 7 heteroatoms. The van der Waals surface area contributed by atoms with Gasteiger partial charge in [-0.25, -0.2) is 0 Å². The number of para-hydroxylation sites is 1. The Balaban J connectivity index is 1.48. The minimum atomic E-state index is 0.599. The molecule has 1 aliphatic rings. The van der Waals surface area contributed by atoms with Crippen molar-refractivity contribution in [2.24, 2.45) is 4.99 Å². The monoisotopic (exact) mass is 342 g/mol. The highest BCUT2D eigenvalue weighted by molar-refractivity contribution is 5.79. The Labute approximate surface area is 148 Å². The Morgan fingerprint density at radius 1 is 1.28 bits per heavy atom. The largest absolute Gasteiger partial charge is 0.492 e. The molecule has 134 valence electrons. The van der Waals surface area contributed by atoms with Crippen LogP contribution < -0.4 is 10.1 Å². The van der Waals surface area contributed by atoms with Crippen LogP contribution in [0.25, 0.3) is 0 Å². The van der Waals surface area contributed by atoms with Gasteiger partial charge in [-0.1, -0.05) is 18.2 Å². The van der Waals surface area contributed by atoms with Gasteiger partial charge in [0.25, 0.3) is 0 Å². The summed E-state index contributed by atoms with van der Waals surface area (Å²) in [6, 6.07) is 9.84. The van der Waals surface area contributed by atoms with E-state index in [1.807, 2.05) is 37.4 Å². The Bertz CT molecular complexity index is 697. The lowest BCUT2D eigenvalue weighted by atomic mass is 10.2. The first-order chi connectivity index (χ1) is 12.3. The van der Waals surface area contributed by atoms with Gasteiger partial charge in [0.15, 0.2) is 11.8 Å². The number of hydrogen-bond acceptors (Lipinski definition) is 4. The Hall–Kier alpha value is -2.57. The highest BCUT2D eigenvalue weighted by Crippen LogP contribution is 2.14. The maximum atomic E-state index is 5.75. The zero-order valence-electron chi connectivity index (χ0n) is 15.0. The maximum Gasteiger partial charge on any atom is 0.193 e. The average molecular weight is 342 g/mol. The van der Waals surface area contributed by atoms with Gasteiger partial charge in [-0.3, -0.25) is 4.99 Å².